The fraction of sp³-hybridized carbons (Fsp3) is 0.683. The molecule has 2 aliphatic carbocycles. The van der Waals surface area contributed by atoms with Crippen LogP contribution in [0.1, 0.15) is 125 Å². The molecule has 4 aliphatic heterocycles. The molecule has 1 aromatic carbocycles. The molecule has 0 amide bonds. The number of aromatic nitrogens is 4. The Morgan fingerprint density at radius 3 is 1.10 bits per heavy atom. The van der Waals surface area contributed by atoms with E-state index in [4.69, 9.17) is 60.5 Å². The van der Waals surface area contributed by atoms with E-state index in [1.807, 2.05) is 0 Å². The topological polar surface area (TPSA) is 544 Å². The molecular weight excluding hydrogens is 1600 g/mol. The van der Waals surface area contributed by atoms with Crippen molar-refractivity contribution in [1.82, 2.24) is 19.1 Å². The second-order valence-electron chi connectivity index (χ2n) is 24.2. The molecule has 4 N–H and O–H groups in total. The number of ether oxygens (including phenoxy) is 18. The Morgan fingerprint density at radius 1 is 0.460 bits per heavy atom. The summed E-state index contributed by atoms with van der Waals surface area (Å²) in [5.74, 6) is -1.95. The number of alkyl halides is 2. The fourth-order valence-corrected chi connectivity index (χ4v) is 14.0. The number of aliphatic hydroxyl groups is 1. The highest BCUT2D eigenvalue weighted by molar-refractivity contribution is 7.48. The van der Waals surface area contributed by atoms with Crippen LogP contribution in [0, 0.1) is 0 Å². The number of hydrogen-bond donors (Lipinski definition) is 4. The van der Waals surface area contributed by atoms with Crippen molar-refractivity contribution in [3.63, 3.8) is 0 Å². The van der Waals surface area contributed by atoms with Crippen LogP contribution in [0.25, 0.3) is 0 Å². The molecule has 113 heavy (non-hydrogen) atoms. The monoisotopic (exact) mass is 1690 g/mol. The molecule has 4 saturated heterocycles. The lowest BCUT2D eigenvalue weighted by atomic mass is 9.88. The predicted molar refractivity (Wildman–Crippen MR) is 365 cm³/mol. The predicted octanol–water partition coefficient (Wildman–Crippen LogP) is 7.83. The summed E-state index contributed by atoms with van der Waals surface area (Å²) < 4.78 is 198. The average molecular weight is 1690 g/mol. The lowest BCUT2D eigenvalue weighted by Crippen LogP contribution is -2.51. The number of carbonyl (C=O) groups is 6. The van der Waals surface area contributed by atoms with Gasteiger partial charge in [-0.15, -0.1) is 0 Å². The van der Waals surface area contributed by atoms with Crippen LogP contribution in [0.15, 0.2) is 74.0 Å². The van der Waals surface area contributed by atoms with Crippen molar-refractivity contribution in [1.29, 1.82) is 0 Å². The summed E-state index contributed by atoms with van der Waals surface area (Å²) in [4.78, 5) is 128. The van der Waals surface area contributed by atoms with Crippen LogP contribution in [0.4, 0.5) is 37.5 Å². The number of hydrogen-bond acceptors (Lipinski definition) is 40. The summed E-state index contributed by atoms with van der Waals surface area (Å²) in [6.07, 6.45) is -2.80. The number of nitrogens with one attached hydrogen (secondary N) is 2. The Morgan fingerprint density at radius 2 is 0.779 bits per heavy atom. The molecule has 45 nitrogen and oxygen atoms in total. The van der Waals surface area contributed by atoms with E-state index in [0.717, 1.165) is 40.9 Å². The molecule has 9 rings (SSSR count). The van der Waals surface area contributed by atoms with Crippen molar-refractivity contribution in [2.24, 2.45) is 0 Å². The van der Waals surface area contributed by atoms with Crippen molar-refractivity contribution in [2.45, 2.75) is 172 Å². The number of aromatic amines is 2. The van der Waals surface area contributed by atoms with E-state index in [1.54, 1.807) is 71.9 Å². The zero-order valence-electron chi connectivity index (χ0n) is 62.5. The summed E-state index contributed by atoms with van der Waals surface area (Å²) in [5.41, 5.74) is -8.42. The third kappa shape index (κ3) is 26.6. The fourth-order valence-electron chi connectivity index (χ4n) is 11.7. The molecule has 8 atom stereocenters. The molecule has 0 unspecified atom stereocenters. The molecule has 638 valence electrons. The number of phosphoric ester groups is 3. The van der Waals surface area contributed by atoms with Crippen molar-refractivity contribution in [3.05, 3.63) is 102 Å². The maximum atomic E-state index is 15.1. The summed E-state index contributed by atoms with van der Waals surface area (Å²) in [6, 6.07) is 11.1. The first kappa shape index (κ1) is 94.0. The van der Waals surface area contributed by atoms with Crippen molar-refractivity contribution in [3.8, 4) is 0 Å². The number of fused-ring (bicyclic) bond motifs is 2. The molecule has 50 heteroatoms. The summed E-state index contributed by atoms with van der Waals surface area (Å²) in [7, 11) is -13.5. The maximum Gasteiger partial charge on any atom is 0.510 e. The van der Waals surface area contributed by atoms with Gasteiger partial charge in [0.05, 0.1) is 59.5 Å². The van der Waals surface area contributed by atoms with Gasteiger partial charge in [0.15, 0.2) is 35.2 Å². The molecule has 2 aromatic heterocycles. The van der Waals surface area contributed by atoms with Gasteiger partial charge in [0, 0.05) is 50.2 Å². The highest BCUT2D eigenvalue weighted by atomic mass is 31.2. The van der Waals surface area contributed by atoms with Crippen LogP contribution >= 0.6 is 23.5 Å². The first-order valence-corrected chi connectivity index (χ1v) is 39.1. The van der Waals surface area contributed by atoms with Crippen LogP contribution in [0.3, 0.4) is 0 Å². The normalized spacial score (nSPS) is 23.5. The van der Waals surface area contributed by atoms with Crippen LogP contribution in [0.2, 0.25) is 0 Å². The molecule has 6 heterocycles. The van der Waals surface area contributed by atoms with Crippen LogP contribution in [-0.4, -0.2) is 219 Å². The first-order valence-electron chi connectivity index (χ1n) is 34.7. The Labute approximate surface area is 641 Å². The minimum atomic E-state index is -4.80. The van der Waals surface area contributed by atoms with Gasteiger partial charge < -0.3 is 95.3 Å². The van der Waals surface area contributed by atoms with Gasteiger partial charge >= 0.3 is 71.8 Å². The van der Waals surface area contributed by atoms with Gasteiger partial charge in [-0.3, -0.25) is 37.7 Å². The SMILES string of the molecule is CCOC(=O)OCOP(=O)(O)OCOC(=O)OCC.CCOC(=O)OCOP(=O)(OCOC(=O)OCC)OC[C@@]1(CF)O[C@@H](n2ccc(=O)[nH]c2=O)[C@]2(C)OC3(CCCC3)O[C@H]12.CCOC(=O)OCOP(=O)(OCOC(=O)OCC)OCc1ccccc1.C[C@@]12OC3(CCCC3)O[C@@H]1[C@](CO)(CF)O[C@H]2n1ccc(=O)[nH]c1=O. The van der Waals surface area contributed by atoms with E-state index in [1.165, 1.54) is 32.3 Å². The Bertz CT molecular complexity index is 3890. The third-order valence-electron chi connectivity index (χ3n) is 16.4. The Hall–Kier alpha value is -7.89. The molecule has 2 spiro atoms. The molecule has 6 aliphatic rings. The van der Waals surface area contributed by atoms with E-state index in [9.17, 15) is 71.1 Å². The number of H-pyrrole nitrogens is 2. The number of rotatable bonds is 35. The zero-order chi connectivity index (χ0) is 83.2. The number of benzene rings is 1. The Balaban J connectivity index is 0.000000247. The number of halogens is 2. The van der Waals surface area contributed by atoms with Crippen LogP contribution in [-0.2, 0) is 142 Å². The van der Waals surface area contributed by atoms with Gasteiger partial charge in [-0.1, -0.05) is 30.3 Å². The minimum Gasteiger partial charge on any atom is -0.435 e. The molecule has 0 radical (unpaired) electrons. The number of nitrogens with zero attached hydrogens (tertiary/aromatic N) is 2. The van der Waals surface area contributed by atoms with Crippen molar-refractivity contribution >= 4 is 60.4 Å². The zero-order valence-corrected chi connectivity index (χ0v) is 65.2. The summed E-state index contributed by atoms with van der Waals surface area (Å²) >= 11 is 0. The summed E-state index contributed by atoms with van der Waals surface area (Å²) in [6.45, 7) is 3.87. The van der Waals surface area contributed by atoms with Crippen LogP contribution in [0.5, 0.6) is 0 Å². The van der Waals surface area contributed by atoms with Crippen molar-refractivity contribution < 1.29 is 183 Å². The highest BCUT2D eigenvalue weighted by Gasteiger charge is 2.74. The average Bonchev–Trinajstić information content (AvgIpc) is 1.54. The van der Waals surface area contributed by atoms with Crippen molar-refractivity contribution in [2.75, 3.05) is 107 Å². The lowest BCUT2D eigenvalue weighted by molar-refractivity contribution is -0.253. The Kier molecular flexibility index (Phi) is 36.4. The highest BCUT2D eigenvalue weighted by Crippen LogP contribution is 2.61. The molecule has 0 bridgehead atoms. The quantitative estimate of drug-likeness (QED) is 0.0188. The van der Waals surface area contributed by atoms with Gasteiger partial charge in [-0.2, -0.15) is 0 Å². The van der Waals surface area contributed by atoms with E-state index in [0.29, 0.717) is 31.2 Å². The maximum absolute atomic E-state index is 15.1. The van der Waals surface area contributed by atoms with Gasteiger partial charge in [-0.25, -0.2) is 88.0 Å². The number of carbonyl (C=O) groups excluding carboxylic acids is 6. The molecule has 2 saturated carbocycles. The minimum absolute atomic E-state index is 0.0174. The largest absolute Gasteiger partial charge is 0.510 e. The summed E-state index contributed by atoms with van der Waals surface area (Å²) in [5, 5.41) is 9.84. The standard InChI is InChI=1S/C24H34FN2O15P.C16H21FN2O6.C15H21O10P.C8H15O10P/c1-4-33-20(30)35-14-38-43(32,39-15-36-21(31)34-5-2)37-13-23(12-25)17-22(3,42-24(40-17)9-6-7-10-24)18(41-23)27-11-8-16(28)26-19(27)29;1-14-11(23-16(25-14)5-2-3-6-16)15(8-17,9-20)24-12(14)19-7-4-10(21)18-13(19)22;1-3-19-14(16)21-11-24-26(18,25-12-22-15(17)20-4-2)23-10-13-8-6-5-7-9-13;1-3-13-7(9)15-5-17-19(11,12)18-6-16-8(10)14-4-2/h8,11,17-18H,4-7,9-10,12-15H2,1-3H3,(H,26,28,29);4,7,11-12,20H,2-3,5-6,8-9H2,1H3,(H,18,21,22);5-9H,3-4,10-12H2,1-2H3;3-6H2,1-2H3,(H,11,12)/t17-,18+,22+,23+;11-,12+,14+,15+;;/m00../s1. The second-order valence-corrected chi connectivity index (χ2v) is 29.0. The third-order valence-corrected chi connectivity index (χ3v) is 19.9. The van der Waals surface area contributed by atoms with Crippen LogP contribution < -0.4 is 22.5 Å². The van der Waals surface area contributed by atoms with Gasteiger partial charge in [0.2, 0.25) is 40.8 Å². The van der Waals surface area contributed by atoms with E-state index < -0.39 is 209 Å². The van der Waals surface area contributed by atoms with Gasteiger partial charge in [0.25, 0.3) is 11.1 Å². The molecule has 3 aromatic rings. The number of aliphatic hydroxyl groups excluding tert-OH is 1. The van der Waals surface area contributed by atoms with E-state index in [-0.39, 0.29) is 46.2 Å². The second kappa shape index (κ2) is 43.7. The first-order chi connectivity index (χ1) is 53.7. The number of phosphoric acid groups is 3. The smallest absolute Gasteiger partial charge is 0.435 e. The van der Waals surface area contributed by atoms with Gasteiger partial charge in [-0.05, 0) is 86.6 Å². The van der Waals surface area contributed by atoms with Gasteiger partial charge in [0.1, 0.15) is 36.8 Å². The molecule has 6 fully saturated rings. The van der Waals surface area contributed by atoms with E-state index >= 15 is 4.39 Å². The lowest BCUT2D eigenvalue weighted by Gasteiger charge is -2.34. The molecular formula is C63H91F2N4O41P3. The van der Waals surface area contributed by atoms with E-state index in [2.05, 4.69) is 75.9 Å².